The summed E-state index contributed by atoms with van der Waals surface area (Å²) in [6.45, 7) is 15.6. The summed E-state index contributed by atoms with van der Waals surface area (Å²) in [5, 5.41) is 0. The van der Waals surface area contributed by atoms with Crippen LogP contribution in [-0.2, 0) is 56.5 Å². The van der Waals surface area contributed by atoms with Crippen LogP contribution in [0, 0.1) is 0 Å². The highest BCUT2D eigenvalue weighted by Crippen LogP contribution is 2.33. The van der Waals surface area contributed by atoms with Crippen LogP contribution >= 0.6 is 0 Å². The van der Waals surface area contributed by atoms with E-state index >= 15 is 0 Å². The van der Waals surface area contributed by atoms with E-state index in [2.05, 4.69) is 26.8 Å². The van der Waals surface area contributed by atoms with E-state index in [0.29, 0.717) is 130 Å². The zero-order valence-corrected chi connectivity index (χ0v) is 30.3. The van der Waals surface area contributed by atoms with E-state index in [4.69, 9.17) is 47.4 Å². The molecule has 0 amide bonds. The maximum absolute atomic E-state index is 6.07. The van der Waals surface area contributed by atoms with Crippen LogP contribution in [-0.4, -0.2) is 106 Å². The average Bonchev–Trinajstić information content (AvgIpc) is 3.12. The molecule has 3 aromatic rings. The zero-order valence-electron chi connectivity index (χ0n) is 30.3. The van der Waals surface area contributed by atoms with Crippen LogP contribution < -0.4 is 9.47 Å². The van der Waals surface area contributed by atoms with Gasteiger partial charge in [-0.25, -0.2) is 0 Å². The Hall–Kier alpha value is -3.06. The van der Waals surface area contributed by atoms with Gasteiger partial charge in [-0.2, -0.15) is 0 Å². The molecule has 0 unspecified atom stereocenters. The van der Waals surface area contributed by atoms with Crippen molar-refractivity contribution in [1.29, 1.82) is 0 Å². The van der Waals surface area contributed by atoms with E-state index < -0.39 is 0 Å². The normalized spacial score (nSPS) is 11.6. The zero-order chi connectivity index (χ0) is 35.4. The second-order valence-corrected chi connectivity index (χ2v) is 12.4. The third kappa shape index (κ3) is 20.0. The van der Waals surface area contributed by atoms with Crippen molar-refractivity contribution >= 4 is 0 Å². The lowest BCUT2D eigenvalue weighted by atomic mass is 9.87. The van der Waals surface area contributed by atoms with E-state index in [0.717, 1.165) is 16.7 Å². The van der Waals surface area contributed by atoms with Crippen LogP contribution in [0.15, 0.2) is 78.9 Å². The minimum absolute atomic E-state index is 0.0202. The van der Waals surface area contributed by atoms with Crippen LogP contribution in [0.5, 0.6) is 11.5 Å². The van der Waals surface area contributed by atoms with Crippen molar-refractivity contribution in [3.63, 3.8) is 0 Å². The Kier molecular flexibility index (Phi) is 22.1. The van der Waals surface area contributed by atoms with Gasteiger partial charge in [-0.05, 0) is 34.2 Å². The van der Waals surface area contributed by atoms with E-state index in [1.165, 1.54) is 0 Å². The number of hydrogen-bond donors (Lipinski definition) is 0. The van der Waals surface area contributed by atoms with Gasteiger partial charge in [0.15, 0.2) is 11.5 Å². The van der Waals surface area contributed by atoms with Gasteiger partial charge in [0.1, 0.15) is 13.2 Å². The lowest BCUT2D eigenvalue weighted by Gasteiger charge is -2.21. The van der Waals surface area contributed by atoms with Crippen LogP contribution in [0.25, 0.3) is 0 Å². The molecule has 3 rings (SSSR count). The van der Waals surface area contributed by atoms with Gasteiger partial charge >= 0.3 is 0 Å². The Labute approximate surface area is 299 Å². The van der Waals surface area contributed by atoms with Gasteiger partial charge in [0, 0.05) is 0 Å². The van der Waals surface area contributed by atoms with Crippen LogP contribution in [0.1, 0.15) is 37.5 Å². The van der Waals surface area contributed by atoms with Gasteiger partial charge in [0.05, 0.1) is 106 Å². The van der Waals surface area contributed by atoms with Crippen LogP contribution in [0.3, 0.4) is 0 Å². The van der Waals surface area contributed by atoms with Crippen molar-refractivity contribution in [2.24, 2.45) is 0 Å². The summed E-state index contributed by atoms with van der Waals surface area (Å²) >= 11 is 0. The summed E-state index contributed by atoms with van der Waals surface area (Å²) in [6.07, 6.45) is 0. The maximum atomic E-state index is 6.07. The Balaban J connectivity index is 1.15. The molecule has 0 spiro atoms. The molecule has 0 aromatic heterocycles. The number of ether oxygens (including phenoxy) is 10. The lowest BCUT2D eigenvalue weighted by molar-refractivity contribution is -0.00735. The van der Waals surface area contributed by atoms with Crippen molar-refractivity contribution < 1.29 is 47.4 Å². The smallest absolute Gasteiger partial charge is 0.161 e. The second kappa shape index (κ2) is 26.7. The van der Waals surface area contributed by atoms with Crippen molar-refractivity contribution in [1.82, 2.24) is 0 Å². The number of benzene rings is 3. The first-order valence-corrected chi connectivity index (χ1v) is 17.6. The molecule has 3 aromatic carbocycles. The van der Waals surface area contributed by atoms with Gasteiger partial charge in [-0.3, -0.25) is 0 Å². The Morgan fingerprint density at radius 2 is 0.700 bits per heavy atom. The van der Waals surface area contributed by atoms with Gasteiger partial charge in [-0.15, -0.1) is 0 Å². The summed E-state index contributed by atoms with van der Waals surface area (Å²) in [6, 6.07) is 26.3. The van der Waals surface area contributed by atoms with Gasteiger partial charge in [-0.1, -0.05) is 87.5 Å². The van der Waals surface area contributed by atoms with E-state index in [9.17, 15) is 0 Å². The predicted molar refractivity (Wildman–Crippen MR) is 193 cm³/mol. The molecule has 0 saturated heterocycles. The molecule has 0 aliphatic rings. The average molecular weight is 699 g/mol. The Bertz CT molecular complexity index is 1220. The molecule has 0 fully saturated rings. The van der Waals surface area contributed by atoms with Gasteiger partial charge < -0.3 is 47.4 Å². The fourth-order valence-corrected chi connectivity index (χ4v) is 4.48. The lowest BCUT2D eigenvalue weighted by Crippen LogP contribution is -2.16. The number of rotatable bonds is 30. The first kappa shape index (κ1) is 41.4. The fraction of sp³-hybridized carbons (Fsp3) is 0.550. The molecule has 10 heteroatoms. The third-order valence-corrected chi connectivity index (χ3v) is 7.24. The number of hydrogen-bond acceptors (Lipinski definition) is 10. The molecule has 278 valence electrons. The predicted octanol–water partition coefficient (Wildman–Crippen LogP) is 6.27. The van der Waals surface area contributed by atoms with Crippen LogP contribution in [0.2, 0.25) is 0 Å². The molecule has 0 aliphatic carbocycles. The molecule has 0 heterocycles. The minimum atomic E-state index is -0.0202. The molecule has 0 bridgehead atoms. The molecule has 0 N–H and O–H groups in total. The topological polar surface area (TPSA) is 92.3 Å². The Morgan fingerprint density at radius 1 is 0.360 bits per heavy atom. The summed E-state index contributed by atoms with van der Waals surface area (Å²) < 4.78 is 56.9. The van der Waals surface area contributed by atoms with Crippen molar-refractivity contribution in [2.75, 3.05) is 106 Å². The van der Waals surface area contributed by atoms with Crippen molar-refractivity contribution in [3.8, 4) is 11.5 Å². The molecule has 0 aliphatic heterocycles. The molecule has 0 radical (unpaired) electrons. The second-order valence-electron chi connectivity index (χ2n) is 12.4. The van der Waals surface area contributed by atoms with Crippen molar-refractivity contribution in [3.05, 3.63) is 95.6 Å². The van der Waals surface area contributed by atoms with Crippen LogP contribution in [0.4, 0.5) is 0 Å². The first-order chi connectivity index (χ1) is 24.5. The highest BCUT2D eigenvalue weighted by atomic mass is 16.6. The Morgan fingerprint density at radius 3 is 1.08 bits per heavy atom. The molecular weight excluding hydrogens is 640 g/mol. The fourth-order valence-electron chi connectivity index (χ4n) is 4.48. The summed E-state index contributed by atoms with van der Waals surface area (Å²) in [5.74, 6) is 1.37. The monoisotopic (exact) mass is 698 g/mol. The standard InChI is InChI=1S/C40H58O10/c1-40(2,3)37-14-15-38(49-30-28-45-22-20-41-16-18-43-24-26-47-33-35-10-6-4-7-11-35)39(32-37)50-31-29-46-23-21-42-17-19-44-25-27-48-34-36-12-8-5-9-13-36/h4-15,32H,16-31,33-34H2,1-3H3. The molecule has 50 heavy (non-hydrogen) atoms. The van der Waals surface area contributed by atoms with E-state index in [1.807, 2.05) is 72.8 Å². The van der Waals surface area contributed by atoms with Crippen molar-refractivity contribution in [2.45, 2.75) is 39.4 Å². The highest BCUT2D eigenvalue weighted by Gasteiger charge is 2.17. The molecule has 10 nitrogen and oxygen atoms in total. The first-order valence-electron chi connectivity index (χ1n) is 17.6. The summed E-state index contributed by atoms with van der Waals surface area (Å²) in [4.78, 5) is 0. The van der Waals surface area contributed by atoms with Gasteiger partial charge in [0.2, 0.25) is 0 Å². The SMILES string of the molecule is CC(C)(C)c1ccc(OCCOCCOCCOCCOCc2ccccc2)c(OCCOCCOCCOCCOCc2ccccc2)c1. The quantitative estimate of drug-likeness (QED) is 0.0742. The largest absolute Gasteiger partial charge is 0.487 e. The summed E-state index contributed by atoms with van der Waals surface area (Å²) in [7, 11) is 0. The van der Waals surface area contributed by atoms with E-state index in [1.54, 1.807) is 0 Å². The highest BCUT2D eigenvalue weighted by molar-refractivity contribution is 5.45. The van der Waals surface area contributed by atoms with Gasteiger partial charge in [0.25, 0.3) is 0 Å². The molecular formula is C40H58O10. The molecule has 0 atom stereocenters. The molecule has 0 saturated carbocycles. The maximum Gasteiger partial charge on any atom is 0.161 e. The van der Waals surface area contributed by atoms with E-state index in [-0.39, 0.29) is 5.41 Å². The minimum Gasteiger partial charge on any atom is -0.487 e. The summed E-state index contributed by atoms with van der Waals surface area (Å²) in [5.41, 5.74) is 3.45. The third-order valence-electron chi connectivity index (χ3n) is 7.24.